The van der Waals surface area contributed by atoms with Crippen LogP contribution in [-0.4, -0.2) is 83.8 Å². The van der Waals surface area contributed by atoms with Gasteiger partial charge in [0.15, 0.2) is 11.4 Å². The van der Waals surface area contributed by atoms with Crippen LogP contribution in [0.4, 0.5) is 0 Å². The maximum absolute atomic E-state index is 9.59. The zero-order valence-electron chi connectivity index (χ0n) is 30.4. The molecule has 0 aliphatic heterocycles. The lowest BCUT2D eigenvalue weighted by molar-refractivity contribution is 0.0550. The van der Waals surface area contributed by atoms with Gasteiger partial charge in [0.2, 0.25) is 0 Å². The molecule has 0 aromatic rings. The van der Waals surface area contributed by atoms with Crippen LogP contribution in [0.1, 0.15) is 38.5 Å². The van der Waals surface area contributed by atoms with Crippen LogP contribution < -0.4 is 16.0 Å². The minimum absolute atomic E-state index is 0.0439. The van der Waals surface area contributed by atoms with Gasteiger partial charge in [-0.15, -0.1) is 0 Å². The molecule has 0 unspecified atom stereocenters. The molecule has 0 atom stereocenters. The minimum Gasteiger partial charge on any atom is -0.395 e. The molecule has 0 saturated carbocycles. The van der Waals surface area contributed by atoms with E-state index in [-0.39, 0.29) is 17.1 Å². The molecule has 0 aromatic carbocycles. The van der Waals surface area contributed by atoms with Gasteiger partial charge in [0, 0.05) is 56.4 Å². The topological polar surface area (TPSA) is 184 Å². The highest BCUT2D eigenvalue weighted by molar-refractivity contribution is 5.56. The Bertz CT molecular complexity index is 1760. The largest absolute Gasteiger partial charge is 0.395 e. The van der Waals surface area contributed by atoms with E-state index in [0.29, 0.717) is 168 Å². The predicted octanol–water partition coefficient (Wildman–Crippen LogP) is 4.62. The molecular formula is C39H39N13O3. The number of hydrogen-bond donors (Lipinski definition) is 3. The van der Waals surface area contributed by atoms with Crippen molar-refractivity contribution in [1.29, 1.82) is 21.0 Å². The van der Waals surface area contributed by atoms with E-state index in [0.717, 1.165) is 0 Å². The van der Waals surface area contributed by atoms with Crippen molar-refractivity contribution in [2.45, 2.75) is 38.5 Å². The van der Waals surface area contributed by atoms with E-state index in [1.807, 2.05) is 18.2 Å². The number of allylic oxidation sites excluding steroid dienone is 10. The number of hydrogen-bond acceptors (Lipinski definition) is 11. The Balaban J connectivity index is 1.47. The van der Waals surface area contributed by atoms with E-state index in [2.05, 4.69) is 51.1 Å². The molecule has 3 rings (SSSR count). The normalized spacial score (nSPS) is 17.5. The average molecular weight is 738 g/mol. The van der Waals surface area contributed by atoms with Crippen molar-refractivity contribution in [1.82, 2.24) is 20.9 Å². The van der Waals surface area contributed by atoms with Gasteiger partial charge in [0.05, 0.1) is 102 Å². The summed E-state index contributed by atoms with van der Waals surface area (Å²) in [7, 11) is 0. The van der Waals surface area contributed by atoms with Gasteiger partial charge >= 0.3 is 0 Å². The lowest BCUT2D eigenvalue weighted by Gasteiger charge is -2.22. The quantitative estimate of drug-likeness (QED) is 0.0849. The monoisotopic (exact) mass is 737 g/mol. The summed E-state index contributed by atoms with van der Waals surface area (Å²) in [5, 5.41) is 46.9. The fourth-order valence-electron chi connectivity index (χ4n) is 6.17. The van der Waals surface area contributed by atoms with Crippen molar-refractivity contribution in [2.75, 3.05) is 78.9 Å². The van der Waals surface area contributed by atoms with Crippen LogP contribution in [-0.2, 0) is 14.2 Å². The van der Waals surface area contributed by atoms with Crippen LogP contribution >= 0.6 is 0 Å². The van der Waals surface area contributed by atoms with Crippen LogP contribution in [0.25, 0.3) is 24.2 Å². The van der Waals surface area contributed by atoms with Crippen LogP contribution in [0.3, 0.4) is 0 Å². The van der Waals surface area contributed by atoms with Crippen molar-refractivity contribution in [3.8, 4) is 24.3 Å². The molecule has 0 spiro atoms. The first kappa shape index (κ1) is 42.5. The zero-order chi connectivity index (χ0) is 39.8. The van der Waals surface area contributed by atoms with Crippen LogP contribution in [0.5, 0.6) is 0 Å². The molecule has 16 nitrogen and oxygen atoms in total. The molecule has 0 heterocycles. The minimum atomic E-state index is -0.0517. The summed E-state index contributed by atoms with van der Waals surface area (Å²) >= 11 is 0. The van der Waals surface area contributed by atoms with Gasteiger partial charge in [-0.25, -0.2) is 40.0 Å². The first-order valence-corrected chi connectivity index (χ1v) is 17.5. The maximum Gasteiger partial charge on any atom is 0.266 e. The molecule has 3 aliphatic carbocycles. The van der Waals surface area contributed by atoms with Gasteiger partial charge in [-0.2, -0.15) is 5.26 Å². The number of nitrogens with one attached hydrogen (secondary N) is 3. The Morgan fingerprint density at radius 2 is 0.891 bits per heavy atom. The van der Waals surface area contributed by atoms with Gasteiger partial charge in [-0.3, -0.25) is 4.90 Å². The Hall–Kier alpha value is -6.91. The van der Waals surface area contributed by atoms with Gasteiger partial charge in [-0.05, 0) is 55.2 Å². The van der Waals surface area contributed by atoms with Crippen molar-refractivity contribution in [3.05, 3.63) is 125 Å². The van der Waals surface area contributed by atoms with Crippen molar-refractivity contribution in [3.63, 3.8) is 0 Å². The fraction of sp³-hybridized carbons (Fsp3) is 0.462. The summed E-state index contributed by atoms with van der Waals surface area (Å²) < 4.78 is 17.6. The second kappa shape index (κ2) is 23.6. The highest BCUT2D eigenvalue weighted by atomic mass is 16.5. The number of ether oxygens (including phenoxy) is 3. The number of nitrogens with zero attached hydrogens (tertiary/aromatic N) is 10. The van der Waals surface area contributed by atoms with E-state index >= 15 is 0 Å². The van der Waals surface area contributed by atoms with Crippen molar-refractivity contribution in [2.24, 2.45) is 0 Å². The summed E-state index contributed by atoms with van der Waals surface area (Å²) in [6.07, 6.45) is 3.11. The Labute approximate surface area is 322 Å². The zero-order valence-corrected chi connectivity index (χ0v) is 30.4. The molecule has 0 fully saturated rings. The third-order valence-corrected chi connectivity index (χ3v) is 8.88. The first-order chi connectivity index (χ1) is 26.9. The number of nitriles is 4. The average Bonchev–Trinajstić information content (AvgIpc) is 3.93. The van der Waals surface area contributed by atoms with Crippen molar-refractivity contribution >= 4 is 0 Å². The lowest BCUT2D eigenvalue weighted by atomic mass is 10.1. The molecule has 16 heteroatoms. The second-order valence-electron chi connectivity index (χ2n) is 12.0. The molecule has 3 aliphatic rings. The van der Waals surface area contributed by atoms with Crippen LogP contribution in [0, 0.1) is 78.2 Å². The summed E-state index contributed by atoms with van der Waals surface area (Å²) in [5.74, 6) is 0. The van der Waals surface area contributed by atoms with Gasteiger partial charge in [0.1, 0.15) is 0 Å². The second-order valence-corrected chi connectivity index (χ2v) is 12.0. The summed E-state index contributed by atoms with van der Waals surface area (Å²) in [6.45, 7) is 42.2. The Kier molecular flexibility index (Phi) is 18.2. The smallest absolute Gasteiger partial charge is 0.266 e. The fourth-order valence-corrected chi connectivity index (χ4v) is 6.17. The van der Waals surface area contributed by atoms with Crippen molar-refractivity contribution < 1.29 is 14.2 Å². The van der Waals surface area contributed by atoms with E-state index < -0.39 is 0 Å². The molecule has 55 heavy (non-hydrogen) atoms. The molecule has 0 radical (unpaired) electrons. The molecule has 0 bridgehead atoms. The Morgan fingerprint density at radius 3 is 1.25 bits per heavy atom. The first-order valence-electron chi connectivity index (χ1n) is 17.5. The van der Waals surface area contributed by atoms with Gasteiger partial charge in [0.25, 0.3) is 17.1 Å². The molecule has 3 N–H and O–H groups in total. The van der Waals surface area contributed by atoms with Crippen LogP contribution in [0.15, 0.2) is 67.9 Å². The maximum atomic E-state index is 9.59. The highest BCUT2D eigenvalue weighted by Crippen LogP contribution is 2.35. The summed E-state index contributed by atoms with van der Waals surface area (Å²) in [4.78, 5) is 19.0. The van der Waals surface area contributed by atoms with E-state index in [1.54, 1.807) is 0 Å². The highest BCUT2D eigenvalue weighted by Gasteiger charge is 2.25. The SMILES string of the molecule is [C-]#[N+]C1=C(NCCOCCN(CCOCCNC2=C([N+]#[C-])/C(=C(/C#N)[N+]#[C-])CC2)CCOCCNC2=C(C#N)/C(=C(\C#N)[N+]#[C-])CC2)CC/C1=C(\C#N)[N+]#[C-]. The predicted molar refractivity (Wildman–Crippen MR) is 198 cm³/mol. The standard InChI is InChI=1S/C39H39N13O3/c1-44-35(25-41)28-6-9-32(31(28)24-40)49-12-18-53-21-15-52(16-22-54-19-13-50-33-10-7-29(38(33)47-4)36(26-42)45-2)17-23-55-20-14-51-34-11-8-30(39(34)48-5)37(27-43)46-3/h49-51H,6-23H2/b35-28+,36-29-,37-30-. The summed E-state index contributed by atoms with van der Waals surface area (Å²) in [6, 6.07) is 7.73. The molecular weight excluding hydrogens is 699 g/mol. The van der Waals surface area contributed by atoms with E-state index in [4.69, 9.17) is 47.1 Å². The lowest BCUT2D eigenvalue weighted by Crippen LogP contribution is -2.35. The van der Waals surface area contributed by atoms with E-state index in [9.17, 15) is 21.0 Å². The third kappa shape index (κ3) is 12.1. The number of rotatable bonds is 21. The van der Waals surface area contributed by atoms with Gasteiger partial charge in [-0.1, -0.05) is 0 Å². The summed E-state index contributed by atoms with van der Waals surface area (Å²) in [5.41, 5.74) is 4.49. The molecule has 0 amide bonds. The van der Waals surface area contributed by atoms with E-state index in [1.165, 1.54) is 0 Å². The molecule has 0 aromatic heterocycles. The molecule has 278 valence electrons. The van der Waals surface area contributed by atoms with Crippen LogP contribution in [0.2, 0.25) is 0 Å². The third-order valence-electron chi connectivity index (χ3n) is 8.88. The molecule has 0 saturated heterocycles. The van der Waals surface area contributed by atoms with Gasteiger partial charge < -0.3 is 30.2 Å². The Morgan fingerprint density at radius 1 is 0.527 bits per heavy atom.